The summed E-state index contributed by atoms with van der Waals surface area (Å²) in [5.41, 5.74) is 0. The summed E-state index contributed by atoms with van der Waals surface area (Å²) >= 11 is 0. The summed E-state index contributed by atoms with van der Waals surface area (Å²) in [5.74, 6) is -1.14. The van der Waals surface area contributed by atoms with Crippen LogP contribution in [0.5, 0.6) is 0 Å². The number of hydrogen-bond donors (Lipinski definition) is 3. The summed E-state index contributed by atoms with van der Waals surface area (Å²) in [5, 5.41) is 23.3. The van der Waals surface area contributed by atoms with Gasteiger partial charge in [-0.2, -0.15) is 0 Å². The minimum absolute atomic E-state index is 0.171. The van der Waals surface area contributed by atoms with Gasteiger partial charge in [0.25, 0.3) is 6.47 Å². The number of methoxy groups -OCH3 is 1. The average molecular weight is 448 g/mol. The van der Waals surface area contributed by atoms with Gasteiger partial charge in [0.05, 0.1) is 33.7 Å². The molecule has 3 N–H and O–H groups in total. The monoisotopic (exact) mass is 447 g/mol. The number of quaternary nitrogens is 1. The number of urea groups is 1. The minimum Gasteiger partial charge on any atom is -0.550 e. The van der Waals surface area contributed by atoms with Crippen LogP contribution < -0.4 is 15.7 Å². The summed E-state index contributed by atoms with van der Waals surface area (Å²) in [6.45, 7) is 1.78. The number of nitrogens with zero attached hydrogens (tertiary/aromatic N) is 1. The number of likely N-dealkylation sites (N-methyl/N-ethyl adjacent to an activating group) is 1. The van der Waals surface area contributed by atoms with E-state index in [1.807, 2.05) is 21.1 Å². The molecule has 0 radical (unpaired) electrons. The zero-order chi connectivity index (χ0) is 24.0. The van der Waals surface area contributed by atoms with Crippen molar-refractivity contribution in [1.82, 2.24) is 10.6 Å². The first-order chi connectivity index (χ1) is 14.7. The molecule has 0 aromatic heterocycles. The number of rotatable bonds is 18. The number of ether oxygens (including phenoxy) is 1. The lowest BCUT2D eigenvalue weighted by atomic mass is 10.1. The lowest BCUT2D eigenvalue weighted by Gasteiger charge is -2.30. The number of aliphatic carboxylic acids is 1. The highest BCUT2D eigenvalue weighted by Gasteiger charge is 2.20. The summed E-state index contributed by atoms with van der Waals surface area (Å²) in [7, 11) is 7.64. The maximum atomic E-state index is 12.0. The highest BCUT2D eigenvalue weighted by Crippen LogP contribution is 2.10. The molecule has 0 aliphatic rings. The van der Waals surface area contributed by atoms with Gasteiger partial charge in [-0.15, -0.1) is 0 Å². The van der Waals surface area contributed by atoms with Gasteiger partial charge in [0.1, 0.15) is 0 Å². The normalized spacial score (nSPS) is 11.7. The van der Waals surface area contributed by atoms with Gasteiger partial charge in [0.15, 0.2) is 0 Å². The molecule has 0 heterocycles. The zero-order valence-corrected chi connectivity index (χ0v) is 20.0. The SMILES string of the molecule is COCCCCCCCCCCCCNC(=O)NC(CC(=O)[O-])C[N+](C)(C)C.O=CO. The predicted octanol–water partition coefficient (Wildman–Crippen LogP) is 1.75. The second-order valence-electron chi connectivity index (χ2n) is 8.78. The van der Waals surface area contributed by atoms with Crippen molar-refractivity contribution in [2.45, 2.75) is 76.7 Å². The van der Waals surface area contributed by atoms with Gasteiger partial charge in [-0.3, -0.25) is 4.79 Å². The standard InChI is InChI=1S/C21H43N3O4.CH2O2/c1-24(2,3)18-19(17-20(25)26)23-21(27)22-15-13-11-9-7-5-6-8-10-12-14-16-28-4;2-1-3/h19H,5-18H2,1-4H3,(H2-,22,23,25,26,27);1H,(H,2,3). The molecule has 0 bridgehead atoms. The molecule has 0 aromatic rings. The van der Waals surface area contributed by atoms with E-state index < -0.39 is 12.0 Å². The third kappa shape index (κ3) is 28.1. The van der Waals surface area contributed by atoms with Gasteiger partial charge < -0.3 is 34.9 Å². The smallest absolute Gasteiger partial charge is 0.315 e. The fraction of sp³-hybridized carbons (Fsp3) is 0.864. The Morgan fingerprint density at radius 3 is 1.84 bits per heavy atom. The molecule has 0 rings (SSSR count). The van der Waals surface area contributed by atoms with Crippen molar-refractivity contribution in [3.05, 3.63) is 0 Å². The number of nitrogens with one attached hydrogen (secondary N) is 2. The van der Waals surface area contributed by atoms with Gasteiger partial charge in [-0.05, 0) is 12.8 Å². The number of hydrogen-bond acceptors (Lipinski definition) is 5. The molecule has 0 saturated carbocycles. The van der Waals surface area contributed by atoms with E-state index in [2.05, 4.69) is 10.6 Å². The van der Waals surface area contributed by atoms with Crippen LogP contribution in [-0.4, -0.2) is 82.1 Å². The van der Waals surface area contributed by atoms with E-state index >= 15 is 0 Å². The molecule has 2 amide bonds. The Labute approximate surface area is 188 Å². The molecule has 31 heavy (non-hydrogen) atoms. The molecule has 0 fully saturated rings. The first-order valence-corrected chi connectivity index (χ1v) is 11.3. The molecule has 0 spiro atoms. The molecule has 1 atom stereocenters. The third-order valence-corrected chi connectivity index (χ3v) is 4.58. The topological polar surface area (TPSA) is 128 Å². The first kappa shape index (κ1) is 31.3. The van der Waals surface area contributed by atoms with Crippen molar-refractivity contribution < 1.29 is 33.8 Å². The Morgan fingerprint density at radius 1 is 0.968 bits per heavy atom. The van der Waals surface area contributed by atoms with Crippen LogP contribution in [0.3, 0.4) is 0 Å². The number of amides is 2. The number of carboxylic acids is 1. The van der Waals surface area contributed by atoms with Crippen LogP contribution in [-0.2, 0) is 14.3 Å². The minimum atomic E-state index is -1.14. The fourth-order valence-electron chi connectivity index (χ4n) is 3.25. The highest BCUT2D eigenvalue weighted by molar-refractivity contribution is 5.75. The van der Waals surface area contributed by atoms with Crippen LogP contribution in [0.1, 0.15) is 70.6 Å². The van der Waals surface area contributed by atoms with E-state index in [0.29, 0.717) is 17.6 Å². The van der Waals surface area contributed by atoms with Crippen molar-refractivity contribution in [1.29, 1.82) is 0 Å². The van der Waals surface area contributed by atoms with E-state index in [-0.39, 0.29) is 18.9 Å². The molecule has 1 unspecified atom stereocenters. The van der Waals surface area contributed by atoms with Crippen molar-refractivity contribution in [2.24, 2.45) is 0 Å². The molecule has 184 valence electrons. The Hall–Kier alpha value is -1.87. The average Bonchev–Trinajstić information content (AvgIpc) is 2.64. The van der Waals surface area contributed by atoms with Gasteiger partial charge in [-0.25, -0.2) is 4.79 Å². The molecule has 9 heteroatoms. The molecule has 0 saturated heterocycles. The largest absolute Gasteiger partial charge is 0.550 e. The van der Waals surface area contributed by atoms with Gasteiger partial charge in [0, 0.05) is 32.7 Å². The van der Waals surface area contributed by atoms with Crippen LogP contribution in [0.4, 0.5) is 4.79 Å². The first-order valence-electron chi connectivity index (χ1n) is 11.3. The maximum Gasteiger partial charge on any atom is 0.315 e. The van der Waals surface area contributed by atoms with Crippen LogP contribution in [0.25, 0.3) is 0 Å². The van der Waals surface area contributed by atoms with Gasteiger partial charge in [-0.1, -0.05) is 51.4 Å². The van der Waals surface area contributed by atoms with Crippen molar-refractivity contribution in [2.75, 3.05) is 47.9 Å². The quantitative estimate of drug-likeness (QED) is 0.167. The number of carbonyl (C=O) groups is 3. The van der Waals surface area contributed by atoms with Crippen LogP contribution in [0.15, 0.2) is 0 Å². The Morgan fingerprint density at radius 2 is 1.42 bits per heavy atom. The molecule has 0 aliphatic heterocycles. The van der Waals surface area contributed by atoms with Crippen molar-refractivity contribution >= 4 is 18.5 Å². The number of carbonyl (C=O) groups excluding carboxylic acids is 2. The fourth-order valence-corrected chi connectivity index (χ4v) is 3.25. The van der Waals surface area contributed by atoms with Crippen LogP contribution >= 0.6 is 0 Å². The predicted molar refractivity (Wildman–Crippen MR) is 120 cm³/mol. The molecular formula is C22H45N3O6. The van der Waals surface area contributed by atoms with E-state index in [1.54, 1.807) is 7.11 Å². The van der Waals surface area contributed by atoms with Crippen LogP contribution in [0, 0.1) is 0 Å². The van der Waals surface area contributed by atoms with E-state index in [0.717, 1.165) is 19.4 Å². The lowest BCUT2D eigenvalue weighted by Crippen LogP contribution is -2.53. The van der Waals surface area contributed by atoms with E-state index in [1.165, 1.54) is 51.4 Å². The Balaban J connectivity index is 0. The Kier molecular flexibility index (Phi) is 21.6. The second-order valence-corrected chi connectivity index (χ2v) is 8.78. The highest BCUT2D eigenvalue weighted by atomic mass is 16.5. The summed E-state index contributed by atoms with van der Waals surface area (Å²) in [6.07, 6.45) is 12.0. The third-order valence-electron chi connectivity index (χ3n) is 4.58. The van der Waals surface area contributed by atoms with E-state index in [4.69, 9.17) is 14.6 Å². The summed E-state index contributed by atoms with van der Waals surface area (Å²) in [6, 6.07) is -0.729. The second kappa shape index (κ2) is 21.4. The molecule has 0 aromatic carbocycles. The Bertz CT molecular complexity index is 455. The summed E-state index contributed by atoms with van der Waals surface area (Å²) in [4.78, 5) is 31.2. The lowest BCUT2D eigenvalue weighted by molar-refractivity contribution is -0.871. The molecular weight excluding hydrogens is 402 g/mol. The number of carboxylic acid groups (broad SMARTS) is 2. The zero-order valence-electron chi connectivity index (χ0n) is 20.0. The molecule has 9 nitrogen and oxygen atoms in total. The maximum absolute atomic E-state index is 12.0. The van der Waals surface area contributed by atoms with Crippen LogP contribution in [0.2, 0.25) is 0 Å². The van der Waals surface area contributed by atoms with Crippen molar-refractivity contribution in [3.8, 4) is 0 Å². The van der Waals surface area contributed by atoms with E-state index in [9.17, 15) is 14.7 Å². The molecule has 0 aliphatic carbocycles. The number of unbranched alkanes of at least 4 members (excludes halogenated alkanes) is 9. The van der Waals surface area contributed by atoms with Crippen molar-refractivity contribution in [3.63, 3.8) is 0 Å². The van der Waals surface area contributed by atoms with Gasteiger partial charge in [0.2, 0.25) is 0 Å². The van der Waals surface area contributed by atoms with Gasteiger partial charge >= 0.3 is 6.03 Å². The summed E-state index contributed by atoms with van der Waals surface area (Å²) < 4.78 is 5.62.